The first kappa shape index (κ1) is 16.0. The standard InChI is InChI=1S/C19H14N4O2S/c26-19-22-21-18(17-10-5-11-24-17)23(19)20-13-14-6-4-9-16(12-14)25-15-7-2-1-3-8-15/h1-13H,(H,22,26). The first-order valence-corrected chi connectivity index (χ1v) is 8.29. The van der Waals surface area contributed by atoms with Gasteiger partial charge in [-0.3, -0.25) is 0 Å². The fraction of sp³-hybridized carbons (Fsp3) is 0. The van der Waals surface area contributed by atoms with E-state index in [0.717, 1.165) is 17.1 Å². The van der Waals surface area contributed by atoms with Crippen LogP contribution in [0.2, 0.25) is 0 Å². The van der Waals surface area contributed by atoms with Gasteiger partial charge in [-0.2, -0.15) is 9.78 Å². The second kappa shape index (κ2) is 7.20. The minimum absolute atomic E-state index is 0.379. The number of hydrogen-bond donors (Lipinski definition) is 1. The number of benzene rings is 2. The minimum Gasteiger partial charge on any atom is -0.461 e. The lowest BCUT2D eigenvalue weighted by molar-refractivity contribution is 0.482. The Morgan fingerprint density at radius 1 is 1.04 bits per heavy atom. The molecule has 0 fully saturated rings. The first-order valence-electron chi connectivity index (χ1n) is 7.88. The molecule has 0 saturated heterocycles. The van der Waals surface area contributed by atoms with Crippen LogP contribution in [-0.2, 0) is 0 Å². The quantitative estimate of drug-likeness (QED) is 0.406. The van der Waals surface area contributed by atoms with Crippen molar-refractivity contribution in [3.8, 4) is 23.1 Å². The van der Waals surface area contributed by atoms with E-state index in [1.165, 1.54) is 4.68 Å². The van der Waals surface area contributed by atoms with E-state index >= 15 is 0 Å². The van der Waals surface area contributed by atoms with Crippen molar-refractivity contribution in [3.05, 3.63) is 83.3 Å². The minimum atomic E-state index is 0.379. The molecule has 0 atom stereocenters. The van der Waals surface area contributed by atoms with E-state index in [1.807, 2.05) is 54.6 Å². The summed E-state index contributed by atoms with van der Waals surface area (Å²) in [5.41, 5.74) is 0.868. The molecular weight excluding hydrogens is 348 g/mol. The van der Waals surface area contributed by atoms with Crippen LogP contribution in [0.4, 0.5) is 0 Å². The van der Waals surface area contributed by atoms with Crippen LogP contribution in [0.5, 0.6) is 11.5 Å². The molecule has 0 radical (unpaired) electrons. The van der Waals surface area contributed by atoms with E-state index in [2.05, 4.69) is 15.3 Å². The van der Waals surface area contributed by atoms with Crippen LogP contribution < -0.4 is 4.74 Å². The Kier molecular flexibility index (Phi) is 4.44. The number of nitrogens with zero attached hydrogens (tertiary/aromatic N) is 3. The summed E-state index contributed by atoms with van der Waals surface area (Å²) in [4.78, 5) is 0. The Morgan fingerprint density at radius 2 is 1.88 bits per heavy atom. The number of rotatable bonds is 5. The van der Waals surface area contributed by atoms with Crippen LogP contribution in [-0.4, -0.2) is 21.1 Å². The van der Waals surface area contributed by atoms with E-state index in [9.17, 15) is 0 Å². The van der Waals surface area contributed by atoms with Gasteiger partial charge in [-0.15, -0.1) is 5.10 Å². The van der Waals surface area contributed by atoms with Crippen molar-refractivity contribution in [1.82, 2.24) is 14.9 Å². The Bertz CT molecular complexity index is 1080. The van der Waals surface area contributed by atoms with E-state index in [1.54, 1.807) is 24.6 Å². The van der Waals surface area contributed by atoms with Gasteiger partial charge in [0.1, 0.15) is 11.5 Å². The maximum atomic E-state index is 5.84. The number of nitrogens with one attached hydrogen (secondary N) is 1. The molecule has 0 saturated carbocycles. The highest BCUT2D eigenvalue weighted by molar-refractivity contribution is 7.71. The highest BCUT2D eigenvalue weighted by atomic mass is 32.1. The van der Waals surface area contributed by atoms with Gasteiger partial charge in [-0.25, -0.2) is 5.10 Å². The molecule has 0 aliphatic rings. The van der Waals surface area contributed by atoms with Crippen LogP contribution in [0.1, 0.15) is 5.56 Å². The summed E-state index contributed by atoms with van der Waals surface area (Å²) in [5.74, 6) is 2.59. The summed E-state index contributed by atoms with van der Waals surface area (Å²) in [5, 5.41) is 11.3. The number of aromatic nitrogens is 3. The Morgan fingerprint density at radius 3 is 2.69 bits per heavy atom. The predicted octanol–water partition coefficient (Wildman–Crippen LogP) is 4.88. The smallest absolute Gasteiger partial charge is 0.219 e. The zero-order valence-corrected chi connectivity index (χ0v) is 14.4. The van der Waals surface area contributed by atoms with Gasteiger partial charge < -0.3 is 9.15 Å². The lowest BCUT2D eigenvalue weighted by Gasteiger charge is -2.05. The van der Waals surface area contributed by atoms with Crippen molar-refractivity contribution >= 4 is 18.4 Å². The molecule has 0 aliphatic heterocycles. The maximum Gasteiger partial charge on any atom is 0.219 e. The van der Waals surface area contributed by atoms with Crippen molar-refractivity contribution < 1.29 is 9.15 Å². The van der Waals surface area contributed by atoms with Crippen molar-refractivity contribution in [2.45, 2.75) is 0 Å². The van der Waals surface area contributed by atoms with Crippen LogP contribution in [0, 0.1) is 4.77 Å². The van der Waals surface area contributed by atoms with E-state index in [-0.39, 0.29) is 0 Å². The van der Waals surface area contributed by atoms with Gasteiger partial charge >= 0.3 is 0 Å². The summed E-state index contributed by atoms with van der Waals surface area (Å²) >= 11 is 5.24. The molecule has 128 valence electrons. The molecule has 0 unspecified atom stereocenters. The third-order valence-corrected chi connectivity index (χ3v) is 3.82. The molecular formula is C19H14N4O2S. The second-order valence-electron chi connectivity index (χ2n) is 5.37. The second-order valence-corrected chi connectivity index (χ2v) is 5.76. The van der Waals surface area contributed by atoms with E-state index in [0.29, 0.717) is 16.4 Å². The molecule has 6 nitrogen and oxygen atoms in total. The zero-order chi connectivity index (χ0) is 17.8. The Labute approximate surface area is 154 Å². The van der Waals surface area contributed by atoms with Gasteiger partial charge in [0.05, 0.1) is 12.5 Å². The van der Waals surface area contributed by atoms with E-state index < -0.39 is 0 Å². The molecule has 1 N–H and O–H groups in total. The number of hydrogen-bond acceptors (Lipinski definition) is 5. The third kappa shape index (κ3) is 3.47. The highest BCUT2D eigenvalue weighted by Gasteiger charge is 2.10. The highest BCUT2D eigenvalue weighted by Crippen LogP contribution is 2.21. The molecule has 7 heteroatoms. The number of furan rings is 1. The van der Waals surface area contributed by atoms with Crippen LogP contribution in [0.15, 0.2) is 82.5 Å². The van der Waals surface area contributed by atoms with Gasteiger partial charge in [0.25, 0.3) is 0 Å². The van der Waals surface area contributed by atoms with Gasteiger partial charge in [-0.05, 0) is 54.2 Å². The molecule has 2 aromatic heterocycles. The Balaban J connectivity index is 1.59. The zero-order valence-electron chi connectivity index (χ0n) is 13.6. The van der Waals surface area contributed by atoms with Crippen molar-refractivity contribution in [2.24, 2.45) is 5.10 Å². The molecule has 4 aromatic rings. The predicted molar refractivity (Wildman–Crippen MR) is 101 cm³/mol. The number of aromatic amines is 1. The SMILES string of the molecule is S=c1[nH]nc(-c2ccco2)n1N=Cc1cccc(Oc2ccccc2)c1. The Hall–Kier alpha value is -3.45. The number of para-hydroxylation sites is 1. The lowest BCUT2D eigenvalue weighted by Crippen LogP contribution is -1.94. The van der Waals surface area contributed by atoms with E-state index in [4.69, 9.17) is 21.4 Å². The van der Waals surface area contributed by atoms with Gasteiger partial charge in [0.15, 0.2) is 5.76 Å². The van der Waals surface area contributed by atoms with Gasteiger partial charge in [-0.1, -0.05) is 30.3 Å². The first-order chi connectivity index (χ1) is 12.8. The summed E-state index contributed by atoms with van der Waals surface area (Å²) in [6.45, 7) is 0. The topological polar surface area (TPSA) is 68.3 Å². The average molecular weight is 362 g/mol. The fourth-order valence-electron chi connectivity index (χ4n) is 2.37. The summed E-state index contributed by atoms with van der Waals surface area (Å²) in [7, 11) is 0. The monoisotopic (exact) mass is 362 g/mol. The van der Waals surface area contributed by atoms with Crippen molar-refractivity contribution in [2.75, 3.05) is 0 Å². The molecule has 2 heterocycles. The molecule has 0 bridgehead atoms. The van der Waals surface area contributed by atoms with Crippen LogP contribution >= 0.6 is 12.2 Å². The molecule has 0 amide bonds. The van der Waals surface area contributed by atoms with Crippen molar-refractivity contribution in [1.29, 1.82) is 0 Å². The van der Waals surface area contributed by atoms with Gasteiger partial charge in [0.2, 0.25) is 10.6 Å². The lowest BCUT2D eigenvalue weighted by atomic mass is 10.2. The molecule has 4 rings (SSSR count). The third-order valence-electron chi connectivity index (χ3n) is 3.55. The summed E-state index contributed by atoms with van der Waals surface area (Å²) in [6.07, 6.45) is 3.27. The van der Waals surface area contributed by atoms with Crippen LogP contribution in [0.3, 0.4) is 0 Å². The summed E-state index contributed by atoms with van der Waals surface area (Å²) in [6, 6.07) is 20.8. The fourth-order valence-corrected chi connectivity index (χ4v) is 2.55. The molecule has 26 heavy (non-hydrogen) atoms. The number of H-pyrrole nitrogens is 1. The average Bonchev–Trinajstić information content (AvgIpc) is 3.31. The van der Waals surface area contributed by atoms with Crippen molar-refractivity contribution in [3.63, 3.8) is 0 Å². The van der Waals surface area contributed by atoms with Gasteiger partial charge in [0, 0.05) is 0 Å². The normalized spacial score (nSPS) is 11.1. The molecule has 0 spiro atoms. The molecule has 0 aliphatic carbocycles. The maximum absolute atomic E-state index is 5.84. The molecule has 2 aromatic carbocycles. The largest absolute Gasteiger partial charge is 0.461 e. The van der Waals surface area contributed by atoms with Crippen LogP contribution in [0.25, 0.3) is 11.6 Å². The number of ether oxygens (including phenoxy) is 1. The summed E-state index contributed by atoms with van der Waals surface area (Å²) < 4.78 is 13.1.